The Balaban J connectivity index is 1.60. The summed E-state index contributed by atoms with van der Waals surface area (Å²) in [4.78, 5) is 8.92. The molecule has 0 fully saturated rings. The van der Waals surface area contributed by atoms with Crippen LogP contribution in [-0.4, -0.2) is 23.2 Å². The zero-order valence-corrected chi connectivity index (χ0v) is 19.9. The van der Waals surface area contributed by atoms with E-state index < -0.39 is 0 Å². The van der Waals surface area contributed by atoms with Crippen LogP contribution >= 0.6 is 0 Å². The number of ether oxygens (including phenoxy) is 2. The molecule has 4 nitrogen and oxygen atoms in total. The Morgan fingerprint density at radius 2 is 1.29 bits per heavy atom. The summed E-state index contributed by atoms with van der Waals surface area (Å²) in [7, 11) is 0. The second-order valence-corrected chi connectivity index (χ2v) is 8.62. The summed E-state index contributed by atoms with van der Waals surface area (Å²) in [6, 6.07) is 7.98. The van der Waals surface area contributed by atoms with Crippen molar-refractivity contribution in [2.75, 3.05) is 13.2 Å². The third kappa shape index (κ3) is 10.7. The van der Waals surface area contributed by atoms with Crippen molar-refractivity contribution in [3.63, 3.8) is 0 Å². The molecule has 4 heteroatoms. The van der Waals surface area contributed by atoms with E-state index in [1.807, 2.05) is 24.3 Å². The molecular formula is C27H42N2O2. The maximum atomic E-state index is 5.81. The first-order valence-electron chi connectivity index (χ1n) is 12.4. The summed E-state index contributed by atoms with van der Waals surface area (Å²) in [5.41, 5.74) is 0.983. The fourth-order valence-electron chi connectivity index (χ4n) is 3.38. The van der Waals surface area contributed by atoms with Crippen molar-refractivity contribution >= 4 is 0 Å². The predicted molar refractivity (Wildman–Crippen MR) is 130 cm³/mol. The van der Waals surface area contributed by atoms with Crippen LogP contribution in [0.15, 0.2) is 36.7 Å². The molecule has 1 atom stereocenters. The largest absolute Gasteiger partial charge is 0.493 e. The zero-order chi connectivity index (χ0) is 22.2. The van der Waals surface area contributed by atoms with E-state index >= 15 is 0 Å². The summed E-state index contributed by atoms with van der Waals surface area (Å²) in [5, 5.41) is 0. The number of unbranched alkanes of at least 4 members (excludes halogenated alkanes) is 9. The lowest BCUT2D eigenvalue weighted by Gasteiger charge is -2.11. The normalized spacial score (nSPS) is 12.0. The second kappa shape index (κ2) is 15.7. The summed E-state index contributed by atoms with van der Waals surface area (Å²) in [5.74, 6) is 2.91. The topological polar surface area (TPSA) is 44.2 Å². The van der Waals surface area contributed by atoms with E-state index in [2.05, 4.69) is 30.7 Å². The fourth-order valence-corrected chi connectivity index (χ4v) is 3.38. The summed E-state index contributed by atoms with van der Waals surface area (Å²) < 4.78 is 11.6. The molecule has 0 aliphatic carbocycles. The molecule has 1 aromatic carbocycles. The Morgan fingerprint density at radius 1 is 0.710 bits per heavy atom. The SMILES string of the molecule is CCCCCCCCCCCCOc1cnc(-c2ccc(OCC(C)CC)cc2)nc1. The predicted octanol–water partition coefficient (Wildman–Crippen LogP) is 7.87. The molecule has 31 heavy (non-hydrogen) atoms. The van der Waals surface area contributed by atoms with Gasteiger partial charge in [0.2, 0.25) is 0 Å². The number of aromatic nitrogens is 2. The molecule has 0 bridgehead atoms. The van der Waals surface area contributed by atoms with E-state index in [-0.39, 0.29) is 0 Å². The molecule has 0 saturated heterocycles. The van der Waals surface area contributed by atoms with Gasteiger partial charge in [0.15, 0.2) is 11.6 Å². The lowest BCUT2D eigenvalue weighted by molar-refractivity contribution is 0.256. The fraction of sp³-hybridized carbons (Fsp3) is 0.630. The van der Waals surface area contributed by atoms with Gasteiger partial charge in [-0.15, -0.1) is 0 Å². The van der Waals surface area contributed by atoms with Gasteiger partial charge in [-0.05, 0) is 36.6 Å². The number of rotatable bonds is 17. The van der Waals surface area contributed by atoms with E-state index in [9.17, 15) is 0 Å². The lowest BCUT2D eigenvalue weighted by atomic mass is 10.1. The molecule has 0 N–H and O–H groups in total. The molecule has 0 radical (unpaired) electrons. The molecule has 0 spiro atoms. The molecule has 0 aliphatic rings. The minimum absolute atomic E-state index is 0.566. The van der Waals surface area contributed by atoms with Crippen LogP contribution in [0.4, 0.5) is 0 Å². The first-order valence-corrected chi connectivity index (χ1v) is 12.4. The van der Waals surface area contributed by atoms with Crippen molar-refractivity contribution in [1.29, 1.82) is 0 Å². The van der Waals surface area contributed by atoms with Crippen LogP contribution in [0.5, 0.6) is 11.5 Å². The van der Waals surface area contributed by atoms with Crippen LogP contribution in [0, 0.1) is 5.92 Å². The van der Waals surface area contributed by atoms with Gasteiger partial charge in [0.05, 0.1) is 25.6 Å². The molecule has 2 aromatic rings. The van der Waals surface area contributed by atoms with Gasteiger partial charge in [-0.25, -0.2) is 9.97 Å². The number of nitrogens with zero attached hydrogens (tertiary/aromatic N) is 2. The third-order valence-electron chi connectivity index (χ3n) is 5.74. The van der Waals surface area contributed by atoms with Crippen LogP contribution in [0.25, 0.3) is 11.4 Å². The van der Waals surface area contributed by atoms with E-state index in [0.717, 1.165) is 43.1 Å². The van der Waals surface area contributed by atoms with Crippen molar-refractivity contribution in [1.82, 2.24) is 9.97 Å². The molecule has 0 saturated carbocycles. The zero-order valence-electron chi connectivity index (χ0n) is 19.9. The highest BCUT2D eigenvalue weighted by Crippen LogP contribution is 2.21. The quantitative estimate of drug-likeness (QED) is 0.241. The van der Waals surface area contributed by atoms with Gasteiger partial charge >= 0.3 is 0 Å². The number of benzene rings is 1. The lowest BCUT2D eigenvalue weighted by Crippen LogP contribution is -2.07. The maximum Gasteiger partial charge on any atom is 0.159 e. The first kappa shape index (κ1) is 25.2. The molecule has 0 amide bonds. The van der Waals surface area contributed by atoms with Crippen LogP contribution in [0.2, 0.25) is 0 Å². The second-order valence-electron chi connectivity index (χ2n) is 8.62. The van der Waals surface area contributed by atoms with Gasteiger partial charge in [0.1, 0.15) is 5.75 Å². The van der Waals surface area contributed by atoms with Gasteiger partial charge in [-0.3, -0.25) is 0 Å². The third-order valence-corrected chi connectivity index (χ3v) is 5.74. The molecular weight excluding hydrogens is 384 g/mol. The van der Waals surface area contributed by atoms with Crippen molar-refractivity contribution < 1.29 is 9.47 Å². The summed E-state index contributed by atoms with van der Waals surface area (Å²) in [6.45, 7) is 8.13. The highest BCUT2D eigenvalue weighted by Gasteiger charge is 2.04. The van der Waals surface area contributed by atoms with Gasteiger partial charge in [-0.1, -0.05) is 85.0 Å². The van der Waals surface area contributed by atoms with Gasteiger partial charge < -0.3 is 9.47 Å². The maximum absolute atomic E-state index is 5.81. The van der Waals surface area contributed by atoms with Crippen LogP contribution in [0.1, 0.15) is 91.4 Å². The molecule has 0 aliphatic heterocycles. The smallest absolute Gasteiger partial charge is 0.159 e. The number of hydrogen-bond donors (Lipinski definition) is 0. The summed E-state index contributed by atoms with van der Waals surface area (Å²) in [6.07, 6.45) is 18.0. The van der Waals surface area contributed by atoms with Gasteiger partial charge in [0, 0.05) is 5.56 Å². The van der Waals surface area contributed by atoms with E-state index in [1.165, 1.54) is 57.8 Å². The Kier molecular flexibility index (Phi) is 12.7. The van der Waals surface area contributed by atoms with Crippen molar-refractivity contribution in [3.8, 4) is 22.9 Å². The van der Waals surface area contributed by atoms with Crippen molar-refractivity contribution in [3.05, 3.63) is 36.7 Å². The van der Waals surface area contributed by atoms with Crippen molar-refractivity contribution in [2.45, 2.75) is 91.4 Å². The first-order chi connectivity index (χ1) is 15.2. The van der Waals surface area contributed by atoms with Gasteiger partial charge in [-0.2, -0.15) is 0 Å². The molecule has 1 aromatic heterocycles. The number of hydrogen-bond acceptors (Lipinski definition) is 4. The van der Waals surface area contributed by atoms with Crippen LogP contribution < -0.4 is 9.47 Å². The Morgan fingerprint density at radius 3 is 1.87 bits per heavy atom. The highest BCUT2D eigenvalue weighted by molar-refractivity contribution is 5.56. The van der Waals surface area contributed by atoms with E-state index in [4.69, 9.17) is 9.47 Å². The van der Waals surface area contributed by atoms with Gasteiger partial charge in [0.25, 0.3) is 0 Å². The Labute approximate surface area is 189 Å². The van der Waals surface area contributed by atoms with Crippen molar-refractivity contribution in [2.24, 2.45) is 5.92 Å². The molecule has 172 valence electrons. The minimum Gasteiger partial charge on any atom is -0.493 e. The van der Waals surface area contributed by atoms with E-state index in [0.29, 0.717) is 11.7 Å². The Bertz CT molecular complexity index is 685. The van der Waals surface area contributed by atoms with E-state index in [1.54, 1.807) is 12.4 Å². The van der Waals surface area contributed by atoms with Crippen LogP contribution in [-0.2, 0) is 0 Å². The Hall–Kier alpha value is -2.10. The van der Waals surface area contributed by atoms with Crippen LogP contribution in [0.3, 0.4) is 0 Å². The average molecular weight is 427 g/mol. The minimum atomic E-state index is 0.566. The highest BCUT2D eigenvalue weighted by atomic mass is 16.5. The molecule has 2 rings (SSSR count). The summed E-state index contributed by atoms with van der Waals surface area (Å²) >= 11 is 0. The standard InChI is InChI=1S/C27H42N2O2/c1-4-6-7-8-9-10-11-12-13-14-19-30-26-20-28-27(29-21-26)24-15-17-25(18-16-24)31-22-23(3)5-2/h15-18,20-21,23H,4-14,19,22H2,1-3H3. The average Bonchev–Trinajstić information content (AvgIpc) is 2.81. The molecule has 1 heterocycles. The monoisotopic (exact) mass is 426 g/mol. The molecule has 1 unspecified atom stereocenters.